The Hall–Kier alpha value is -1.74. The molecule has 0 fully saturated rings. The number of hydrogen-bond donors (Lipinski definition) is 1. The number of aromatic nitrogens is 1. The minimum atomic E-state index is -0.927. The van der Waals surface area contributed by atoms with Gasteiger partial charge in [-0.3, -0.25) is 0 Å². The van der Waals surface area contributed by atoms with Crippen molar-refractivity contribution in [2.45, 2.75) is 13.5 Å². The van der Waals surface area contributed by atoms with Gasteiger partial charge in [0.05, 0.1) is 0 Å². The van der Waals surface area contributed by atoms with E-state index in [1.54, 1.807) is 10.6 Å². The van der Waals surface area contributed by atoms with E-state index in [2.05, 4.69) is 0 Å². The van der Waals surface area contributed by atoms with E-state index < -0.39 is 5.97 Å². The normalized spacial score (nSPS) is 12.0. The van der Waals surface area contributed by atoms with Gasteiger partial charge in [0.1, 0.15) is 5.69 Å². The van der Waals surface area contributed by atoms with Gasteiger partial charge < -0.3 is 9.67 Å². The zero-order valence-electron chi connectivity index (χ0n) is 9.35. The molecule has 0 aliphatic rings. The molecule has 0 spiro atoms. The molecular weight excluding hydrogens is 238 g/mol. The monoisotopic (exact) mass is 249 g/mol. The molecule has 2 aromatic rings. The molecule has 1 N–H and O–H groups in total. The van der Waals surface area contributed by atoms with Crippen LogP contribution >= 0.6 is 11.6 Å². The number of hydrogen-bond acceptors (Lipinski definition) is 1. The lowest BCUT2D eigenvalue weighted by Gasteiger charge is -2.07. The highest BCUT2D eigenvalue weighted by molar-refractivity contribution is 6.25. The SMILES string of the molecule is C/C(=C/Cl)Cn1c(C(=O)O)cc2ccccc21. The first kappa shape index (κ1) is 11.7. The van der Waals surface area contributed by atoms with E-state index >= 15 is 0 Å². The summed E-state index contributed by atoms with van der Waals surface area (Å²) in [6, 6.07) is 9.27. The zero-order valence-corrected chi connectivity index (χ0v) is 10.1. The van der Waals surface area contributed by atoms with Gasteiger partial charge >= 0.3 is 5.97 Å². The first-order valence-corrected chi connectivity index (χ1v) is 5.64. The highest BCUT2D eigenvalue weighted by Gasteiger charge is 2.14. The summed E-state index contributed by atoms with van der Waals surface area (Å²) >= 11 is 5.63. The number of rotatable bonds is 3. The second kappa shape index (κ2) is 4.63. The molecule has 0 saturated carbocycles. The van der Waals surface area contributed by atoms with Gasteiger partial charge in [-0.2, -0.15) is 0 Å². The van der Waals surface area contributed by atoms with Gasteiger partial charge in [0.15, 0.2) is 0 Å². The minimum Gasteiger partial charge on any atom is -0.477 e. The molecule has 4 heteroatoms. The number of para-hydroxylation sites is 1. The third-order valence-electron chi connectivity index (χ3n) is 2.62. The Balaban J connectivity index is 2.64. The molecule has 0 unspecified atom stereocenters. The highest BCUT2D eigenvalue weighted by atomic mass is 35.5. The fourth-order valence-electron chi connectivity index (χ4n) is 1.84. The lowest BCUT2D eigenvalue weighted by Crippen LogP contribution is -2.08. The van der Waals surface area contributed by atoms with E-state index in [1.807, 2.05) is 31.2 Å². The molecule has 0 aliphatic carbocycles. The Labute approximate surface area is 104 Å². The van der Waals surface area contributed by atoms with Gasteiger partial charge in [0.2, 0.25) is 0 Å². The number of nitrogens with zero attached hydrogens (tertiary/aromatic N) is 1. The van der Waals surface area contributed by atoms with Crippen molar-refractivity contribution in [2.75, 3.05) is 0 Å². The molecule has 0 saturated heterocycles. The maximum Gasteiger partial charge on any atom is 0.352 e. The summed E-state index contributed by atoms with van der Waals surface area (Å²) in [4.78, 5) is 11.2. The third kappa shape index (κ3) is 2.19. The fraction of sp³-hybridized carbons (Fsp3) is 0.154. The van der Waals surface area contributed by atoms with Gasteiger partial charge in [-0.25, -0.2) is 4.79 Å². The summed E-state index contributed by atoms with van der Waals surface area (Å²) in [7, 11) is 0. The number of carboxylic acids is 1. The molecule has 0 aliphatic heterocycles. The summed E-state index contributed by atoms with van der Waals surface area (Å²) in [6.45, 7) is 2.35. The molecule has 88 valence electrons. The second-order valence-electron chi connectivity index (χ2n) is 3.94. The Morgan fingerprint density at radius 1 is 1.47 bits per heavy atom. The van der Waals surface area contributed by atoms with Crippen LogP contribution in [-0.4, -0.2) is 15.6 Å². The quantitative estimate of drug-likeness (QED) is 0.905. The van der Waals surface area contributed by atoms with Crippen LogP contribution in [0.3, 0.4) is 0 Å². The van der Waals surface area contributed by atoms with Crippen molar-refractivity contribution in [3.63, 3.8) is 0 Å². The highest BCUT2D eigenvalue weighted by Crippen LogP contribution is 2.21. The molecule has 0 bridgehead atoms. The van der Waals surface area contributed by atoms with Gasteiger partial charge in [-0.05, 0) is 24.6 Å². The maximum atomic E-state index is 11.2. The van der Waals surface area contributed by atoms with E-state index in [9.17, 15) is 9.90 Å². The number of allylic oxidation sites excluding steroid dienone is 1. The van der Waals surface area contributed by atoms with Crippen LogP contribution in [0.5, 0.6) is 0 Å². The van der Waals surface area contributed by atoms with Crippen molar-refractivity contribution >= 4 is 28.5 Å². The maximum absolute atomic E-state index is 11.2. The van der Waals surface area contributed by atoms with Gasteiger partial charge in [0, 0.05) is 23.0 Å². The summed E-state index contributed by atoms with van der Waals surface area (Å²) in [6.07, 6.45) is 0. The summed E-state index contributed by atoms with van der Waals surface area (Å²) in [5.41, 5.74) is 3.57. The van der Waals surface area contributed by atoms with Crippen LogP contribution in [0.4, 0.5) is 0 Å². The number of carboxylic acid groups (broad SMARTS) is 1. The summed E-state index contributed by atoms with van der Waals surface area (Å²) in [5.74, 6) is -0.927. The van der Waals surface area contributed by atoms with Crippen molar-refractivity contribution in [3.8, 4) is 0 Å². The van der Waals surface area contributed by atoms with Crippen LogP contribution in [0.25, 0.3) is 10.9 Å². The van der Waals surface area contributed by atoms with Crippen LogP contribution in [0.1, 0.15) is 17.4 Å². The van der Waals surface area contributed by atoms with Crippen LogP contribution in [-0.2, 0) is 6.54 Å². The predicted octanol–water partition coefficient (Wildman–Crippen LogP) is 3.48. The molecule has 17 heavy (non-hydrogen) atoms. The van der Waals surface area contributed by atoms with Crippen LogP contribution in [0.15, 0.2) is 41.4 Å². The minimum absolute atomic E-state index is 0.282. The number of carbonyl (C=O) groups is 1. The Kier molecular flexibility index (Phi) is 3.20. The third-order valence-corrected chi connectivity index (χ3v) is 3.00. The van der Waals surface area contributed by atoms with Crippen LogP contribution in [0.2, 0.25) is 0 Å². The van der Waals surface area contributed by atoms with Gasteiger partial charge in [-0.15, -0.1) is 0 Å². The summed E-state index contributed by atoms with van der Waals surface area (Å²) in [5, 5.41) is 10.1. The van der Waals surface area contributed by atoms with Gasteiger partial charge in [-0.1, -0.05) is 29.8 Å². The lowest BCUT2D eigenvalue weighted by molar-refractivity contribution is 0.0686. The molecule has 0 amide bonds. The lowest BCUT2D eigenvalue weighted by atomic mass is 10.2. The predicted molar refractivity (Wildman–Crippen MR) is 68.5 cm³/mol. The molecule has 0 atom stereocenters. The van der Waals surface area contributed by atoms with E-state index in [0.29, 0.717) is 6.54 Å². The average molecular weight is 250 g/mol. The van der Waals surface area contributed by atoms with Crippen LogP contribution in [0, 0.1) is 0 Å². The molecule has 1 aromatic carbocycles. The van der Waals surface area contributed by atoms with E-state index in [1.165, 1.54) is 5.54 Å². The topological polar surface area (TPSA) is 42.2 Å². The smallest absolute Gasteiger partial charge is 0.352 e. The van der Waals surface area contributed by atoms with Crippen molar-refractivity contribution in [1.82, 2.24) is 4.57 Å². The van der Waals surface area contributed by atoms with Crippen molar-refractivity contribution in [3.05, 3.63) is 47.1 Å². The zero-order chi connectivity index (χ0) is 12.4. The number of aromatic carboxylic acids is 1. The van der Waals surface area contributed by atoms with E-state index in [4.69, 9.17) is 11.6 Å². The van der Waals surface area contributed by atoms with Gasteiger partial charge in [0.25, 0.3) is 0 Å². The van der Waals surface area contributed by atoms with Crippen LogP contribution < -0.4 is 0 Å². The summed E-state index contributed by atoms with van der Waals surface area (Å²) < 4.78 is 1.76. The largest absolute Gasteiger partial charge is 0.477 e. The molecule has 1 heterocycles. The first-order valence-electron chi connectivity index (χ1n) is 5.21. The molecular formula is C13H12ClNO2. The fourth-order valence-corrected chi connectivity index (χ4v) is 1.91. The molecule has 2 rings (SSSR count). The molecule has 3 nitrogen and oxygen atoms in total. The van der Waals surface area contributed by atoms with Crippen molar-refractivity contribution < 1.29 is 9.90 Å². The second-order valence-corrected chi connectivity index (χ2v) is 4.15. The Morgan fingerprint density at radius 2 is 2.18 bits per heavy atom. The number of fused-ring (bicyclic) bond motifs is 1. The first-order chi connectivity index (χ1) is 8.13. The number of benzene rings is 1. The average Bonchev–Trinajstić information content (AvgIpc) is 2.68. The Bertz CT molecular complexity index is 598. The van der Waals surface area contributed by atoms with E-state index in [-0.39, 0.29) is 5.69 Å². The van der Waals surface area contributed by atoms with Crippen molar-refractivity contribution in [1.29, 1.82) is 0 Å². The molecule has 1 aromatic heterocycles. The standard InChI is InChI=1S/C13H12ClNO2/c1-9(7-14)8-15-11-5-3-2-4-10(11)6-12(15)13(16)17/h2-7H,8H2,1H3,(H,16,17)/b9-7-. The Morgan fingerprint density at radius 3 is 2.82 bits per heavy atom. The molecule has 0 radical (unpaired) electrons. The number of halogens is 1. The van der Waals surface area contributed by atoms with E-state index in [0.717, 1.165) is 16.5 Å². The van der Waals surface area contributed by atoms with Crippen molar-refractivity contribution in [2.24, 2.45) is 0 Å².